The summed E-state index contributed by atoms with van der Waals surface area (Å²) < 4.78 is 30.7. The summed E-state index contributed by atoms with van der Waals surface area (Å²) in [7, 11) is -4.26. The molecule has 0 heterocycles. The van der Waals surface area contributed by atoms with Crippen molar-refractivity contribution in [1.29, 1.82) is 0 Å². The number of allylic oxidation sites excluding steroid dienone is 1. The first-order valence-electron chi connectivity index (χ1n) is 6.25. The molecule has 0 bridgehead atoms. The van der Waals surface area contributed by atoms with Crippen LogP contribution in [0.5, 0.6) is 0 Å². The Balaban J connectivity index is 2.14. The second-order valence-corrected chi connectivity index (χ2v) is 5.90. The van der Waals surface area contributed by atoms with Crippen LogP contribution in [-0.2, 0) is 10.1 Å². The molecule has 6 heteroatoms. The number of hydrogen-bond acceptors (Lipinski definition) is 4. The smallest absolute Gasteiger partial charge is 0.294 e. The Morgan fingerprint density at radius 2 is 1.45 bits per heavy atom. The predicted molar refractivity (Wildman–Crippen MR) is 81.5 cm³/mol. The second kappa shape index (κ2) is 6.46. The number of rotatable bonds is 5. The summed E-state index contributed by atoms with van der Waals surface area (Å²) in [5, 5.41) is 0. The maximum absolute atomic E-state index is 11.9. The Morgan fingerprint density at radius 1 is 0.909 bits per heavy atom. The van der Waals surface area contributed by atoms with Crippen molar-refractivity contribution in [3.63, 3.8) is 0 Å². The minimum atomic E-state index is -4.26. The number of carbonyl (C=O) groups excluding carboxylic acids is 2. The normalized spacial score (nSPS) is 11.5. The summed E-state index contributed by atoms with van der Waals surface area (Å²) in [6.07, 6.45) is 3.67. The van der Waals surface area contributed by atoms with Gasteiger partial charge in [-0.05, 0) is 35.9 Å². The van der Waals surface area contributed by atoms with E-state index in [1.165, 1.54) is 18.2 Å². The summed E-state index contributed by atoms with van der Waals surface area (Å²) >= 11 is 0. The zero-order valence-corrected chi connectivity index (χ0v) is 12.2. The molecule has 0 aromatic heterocycles. The summed E-state index contributed by atoms with van der Waals surface area (Å²) in [5.74, 6) is -0.304. The van der Waals surface area contributed by atoms with Crippen molar-refractivity contribution in [1.82, 2.24) is 0 Å². The Kier molecular flexibility index (Phi) is 4.65. The van der Waals surface area contributed by atoms with E-state index in [-0.39, 0.29) is 10.7 Å². The van der Waals surface area contributed by atoms with Crippen molar-refractivity contribution in [2.24, 2.45) is 0 Å². The fourth-order valence-corrected chi connectivity index (χ4v) is 2.23. The fraction of sp³-hybridized carbons (Fsp3) is 0. The predicted octanol–water partition coefficient (Wildman–Crippen LogP) is 2.64. The van der Waals surface area contributed by atoms with Gasteiger partial charge in [0.15, 0.2) is 5.78 Å². The molecular formula is C16H12O5S. The number of aldehydes is 1. The highest BCUT2D eigenvalue weighted by Gasteiger charge is 2.10. The molecule has 2 aromatic carbocycles. The molecule has 0 unspecified atom stereocenters. The van der Waals surface area contributed by atoms with Crippen molar-refractivity contribution < 1.29 is 22.6 Å². The van der Waals surface area contributed by atoms with Crippen LogP contribution in [0.2, 0.25) is 0 Å². The molecule has 0 radical (unpaired) electrons. The van der Waals surface area contributed by atoms with Gasteiger partial charge in [-0.3, -0.25) is 14.1 Å². The number of ketones is 1. The third kappa shape index (κ3) is 3.97. The van der Waals surface area contributed by atoms with Gasteiger partial charge in [0.05, 0.1) is 4.90 Å². The van der Waals surface area contributed by atoms with E-state index in [0.29, 0.717) is 11.1 Å². The highest BCUT2D eigenvalue weighted by atomic mass is 32.2. The highest BCUT2D eigenvalue weighted by Crippen LogP contribution is 2.12. The van der Waals surface area contributed by atoms with Crippen LogP contribution >= 0.6 is 0 Å². The van der Waals surface area contributed by atoms with E-state index < -0.39 is 10.1 Å². The van der Waals surface area contributed by atoms with Crippen LogP contribution in [0.25, 0.3) is 6.08 Å². The lowest BCUT2D eigenvalue weighted by molar-refractivity contribution is 0.104. The standard InChI is InChI=1S/C16H12O5S/c17-11-13-3-1-12(2-4-13)5-10-16(18)14-6-8-15(9-7-14)22(19,20)21/h1-11H,(H,19,20,21). The van der Waals surface area contributed by atoms with Gasteiger partial charge in [-0.15, -0.1) is 0 Å². The first kappa shape index (κ1) is 15.8. The summed E-state index contributed by atoms with van der Waals surface area (Å²) in [5.41, 5.74) is 1.60. The van der Waals surface area contributed by atoms with Crippen LogP contribution in [0.1, 0.15) is 26.3 Å². The van der Waals surface area contributed by atoms with Gasteiger partial charge in [0.25, 0.3) is 10.1 Å². The summed E-state index contributed by atoms with van der Waals surface area (Å²) in [6, 6.07) is 11.7. The number of carbonyl (C=O) groups is 2. The minimum absolute atomic E-state index is 0.266. The van der Waals surface area contributed by atoms with Crippen LogP contribution in [0, 0.1) is 0 Å². The summed E-state index contributed by atoms with van der Waals surface area (Å²) in [4.78, 5) is 22.2. The molecule has 0 fully saturated rings. The minimum Gasteiger partial charge on any atom is -0.298 e. The molecule has 0 aliphatic rings. The van der Waals surface area contributed by atoms with E-state index >= 15 is 0 Å². The van der Waals surface area contributed by atoms with Gasteiger partial charge in [-0.2, -0.15) is 8.42 Å². The van der Waals surface area contributed by atoms with Gasteiger partial charge in [0, 0.05) is 11.1 Å². The monoisotopic (exact) mass is 316 g/mol. The average molecular weight is 316 g/mol. The third-order valence-electron chi connectivity index (χ3n) is 2.94. The van der Waals surface area contributed by atoms with Crippen molar-refractivity contribution >= 4 is 28.3 Å². The molecule has 0 saturated heterocycles. The van der Waals surface area contributed by atoms with Gasteiger partial charge in [0.2, 0.25) is 0 Å². The topological polar surface area (TPSA) is 88.5 Å². The lowest BCUT2D eigenvalue weighted by Gasteiger charge is -1.99. The van der Waals surface area contributed by atoms with Crippen LogP contribution < -0.4 is 0 Å². The van der Waals surface area contributed by atoms with Crippen LogP contribution in [0.3, 0.4) is 0 Å². The maximum atomic E-state index is 11.9. The van der Waals surface area contributed by atoms with E-state index in [0.717, 1.165) is 24.0 Å². The molecule has 0 atom stereocenters. The average Bonchev–Trinajstić information content (AvgIpc) is 2.52. The number of hydrogen-bond donors (Lipinski definition) is 1. The van der Waals surface area contributed by atoms with Crippen LogP contribution in [0.4, 0.5) is 0 Å². The van der Waals surface area contributed by atoms with Crippen LogP contribution in [0.15, 0.2) is 59.5 Å². The third-order valence-corrected chi connectivity index (χ3v) is 3.80. The maximum Gasteiger partial charge on any atom is 0.294 e. The molecule has 112 valence electrons. The molecule has 22 heavy (non-hydrogen) atoms. The van der Waals surface area contributed by atoms with E-state index in [1.807, 2.05) is 0 Å². The molecule has 2 rings (SSSR count). The van der Waals surface area contributed by atoms with Crippen molar-refractivity contribution in [2.75, 3.05) is 0 Å². The SMILES string of the molecule is O=Cc1ccc(C=CC(=O)c2ccc(S(=O)(=O)O)cc2)cc1. The Morgan fingerprint density at radius 3 is 1.95 bits per heavy atom. The Bertz CT molecular complexity index is 816. The van der Waals surface area contributed by atoms with Gasteiger partial charge < -0.3 is 0 Å². The first-order valence-corrected chi connectivity index (χ1v) is 7.69. The lowest BCUT2D eigenvalue weighted by atomic mass is 10.1. The summed E-state index contributed by atoms with van der Waals surface area (Å²) in [6.45, 7) is 0. The van der Waals surface area contributed by atoms with E-state index in [9.17, 15) is 18.0 Å². The molecule has 1 N–H and O–H groups in total. The van der Waals surface area contributed by atoms with E-state index in [4.69, 9.17) is 4.55 Å². The molecule has 5 nitrogen and oxygen atoms in total. The molecule has 0 aliphatic carbocycles. The highest BCUT2D eigenvalue weighted by molar-refractivity contribution is 7.85. The largest absolute Gasteiger partial charge is 0.298 e. The molecule has 0 aliphatic heterocycles. The first-order chi connectivity index (χ1) is 10.4. The van der Waals surface area contributed by atoms with Crippen molar-refractivity contribution in [3.8, 4) is 0 Å². The van der Waals surface area contributed by atoms with Gasteiger partial charge >= 0.3 is 0 Å². The van der Waals surface area contributed by atoms with Crippen molar-refractivity contribution in [3.05, 3.63) is 71.3 Å². The molecule has 0 spiro atoms. The second-order valence-electron chi connectivity index (χ2n) is 4.48. The zero-order chi connectivity index (χ0) is 16.2. The Hall–Kier alpha value is -2.57. The van der Waals surface area contributed by atoms with E-state index in [2.05, 4.69) is 0 Å². The van der Waals surface area contributed by atoms with Gasteiger partial charge in [0.1, 0.15) is 6.29 Å². The van der Waals surface area contributed by atoms with E-state index in [1.54, 1.807) is 30.3 Å². The van der Waals surface area contributed by atoms with Gasteiger partial charge in [-0.25, -0.2) is 0 Å². The zero-order valence-electron chi connectivity index (χ0n) is 11.3. The Labute approximate surface area is 127 Å². The van der Waals surface area contributed by atoms with Crippen LogP contribution in [-0.4, -0.2) is 25.0 Å². The molecule has 2 aromatic rings. The molecule has 0 saturated carbocycles. The molecular weight excluding hydrogens is 304 g/mol. The number of benzene rings is 2. The quantitative estimate of drug-likeness (QED) is 0.396. The van der Waals surface area contributed by atoms with Gasteiger partial charge in [-0.1, -0.05) is 30.3 Å². The fourth-order valence-electron chi connectivity index (χ4n) is 1.74. The lowest BCUT2D eigenvalue weighted by Crippen LogP contribution is -2.00. The van der Waals surface area contributed by atoms with Crippen molar-refractivity contribution in [2.45, 2.75) is 4.90 Å². The molecule has 0 amide bonds.